The molecular weight excluding hydrogens is 235 g/mol. The summed E-state index contributed by atoms with van der Waals surface area (Å²) in [4.78, 5) is 22.0. The van der Waals surface area contributed by atoms with Gasteiger partial charge >= 0.3 is 5.56 Å². The van der Waals surface area contributed by atoms with Crippen molar-refractivity contribution in [2.45, 2.75) is 19.8 Å². The molecule has 2 aromatic rings. The first kappa shape index (κ1) is 12.3. The number of benzene rings is 1. The molecule has 2 rings (SSSR count). The van der Waals surface area contributed by atoms with Crippen molar-refractivity contribution in [2.24, 2.45) is 0 Å². The molecule has 0 radical (unpaired) electrons. The fourth-order valence-corrected chi connectivity index (χ4v) is 1.83. The Morgan fingerprint density at radius 3 is 2.50 bits per heavy atom. The van der Waals surface area contributed by atoms with Gasteiger partial charge < -0.3 is 5.10 Å². The van der Waals surface area contributed by atoms with Gasteiger partial charge in [-0.1, -0.05) is 6.07 Å². The lowest BCUT2D eigenvalue weighted by Crippen LogP contribution is -2.27. The van der Waals surface area contributed by atoms with Gasteiger partial charge in [-0.3, -0.25) is 14.7 Å². The largest absolute Gasteiger partial charge is 0.310 e. The normalized spacial score (nSPS) is 10.6. The van der Waals surface area contributed by atoms with Gasteiger partial charge in [-0.2, -0.15) is 0 Å². The molecule has 0 amide bonds. The van der Waals surface area contributed by atoms with Crippen molar-refractivity contribution in [1.29, 1.82) is 0 Å². The van der Waals surface area contributed by atoms with Gasteiger partial charge in [0.15, 0.2) is 0 Å². The van der Waals surface area contributed by atoms with E-state index in [2.05, 4.69) is 10.2 Å². The quantitative estimate of drug-likeness (QED) is 0.804. The van der Waals surface area contributed by atoms with Gasteiger partial charge in [0.1, 0.15) is 5.82 Å². The Hall–Kier alpha value is -2.17. The molecule has 0 atom stereocenters. The fraction of sp³-hybridized carbons (Fsp3) is 0.231. The smallest absolute Gasteiger partial charge is 0.302 e. The second kappa shape index (κ2) is 5.00. The first-order valence-corrected chi connectivity index (χ1v) is 5.61. The molecule has 1 aromatic carbocycles. The molecule has 94 valence electrons. The summed E-state index contributed by atoms with van der Waals surface area (Å²) in [7, 11) is 0. The Labute approximate surface area is 102 Å². The van der Waals surface area contributed by atoms with E-state index >= 15 is 0 Å². The lowest BCUT2D eigenvalue weighted by molar-refractivity contribution is 0.623. The van der Waals surface area contributed by atoms with Crippen LogP contribution in [0, 0.1) is 12.7 Å². The molecule has 0 saturated carbocycles. The highest BCUT2D eigenvalue weighted by atomic mass is 19.1. The zero-order valence-corrected chi connectivity index (χ0v) is 9.92. The summed E-state index contributed by atoms with van der Waals surface area (Å²) in [5, 5.41) is 4.91. The summed E-state index contributed by atoms with van der Waals surface area (Å²) < 4.78 is 13.2. The Balaban J connectivity index is 2.13. The third-order valence-corrected chi connectivity index (χ3v) is 2.65. The Morgan fingerprint density at radius 1 is 1.06 bits per heavy atom. The van der Waals surface area contributed by atoms with E-state index in [4.69, 9.17) is 0 Å². The van der Waals surface area contributed by atoms with Gasteiger partial charge in [-0.15, -0.1) is 0 Å². The number of aromatic amines is 2. The molecule has 0 unspecified atom stereocenters. The van der Waals surface area contributed by atoms with E-state index in [1.165, 1.54) is 18.2 Å². The van der Waals surface area contributed by atoms with Crippen molar-refractivity contribution in [3.63, 3.8) is 0 Å². The molecule has 18 heavy (non-hydrogen) atoms. The molecular formula is C13H13FN2O2. The van der Waals surface area contributed by atoms with E-state index < -0.39 is 11.0 Å². The maximum atomic E-state index is 13.2. The number of aryl methyl sites for hydroxylation is 3. The van der Waals surface area contributed by atoms with Crippen LogP contribution in [0.4, 0.5) is 4.39 Å². The van der Waals surface area contributed by atoms with E-state index in [0.717, 1.165) is 11.1 Å². The minimum absolute atomic E-state index is 0.264. The van der Waals surface area contributed by atoms with E-state index in [1.54, 1.807) is 0 Å². The summed E-state index contributed by atoms with van der Waals surface area (Å²) in [6, 6.07) is 6.10. The summed E-state index contributed by atoms with van der Waals surface area (Å²) >= 11 is 0. The zero-order valence-electron chi connectivity index (χ0n) is 9.92. The van der Waals surface area contributed by atoms with E-state index in [9.17, 15) is 14.0 Å². The molecule has 1 heterocycles. The van der Waals surface area contributed by atoms with Crippen LogP contribution in [0.5, 0.6) is 0 Å². The van der Waals surface area contributed by atoms with Crippen LogP contribution < -0.4 is 11.0 Å². The molecule has 0 aliphatic carbocycles. The van der Waals surface area contributed by atoms with Crippen LogP contribution in [0.2, 0.25) is 0 Å². The monoisotopic (exact) mass is 248 g/mol. The maximum Gasteiger partial charge on any atom is 0.310 e. The summed E-state index contributed by atoms with van der Waals surface area (Å²) in [5.41, 5.74) is 1.11. The molecule has 0 spiro atoms. The van der Waals surface area contributed by atoms with Crippen LogP contribution >= 0.6 is 0 Å². The molecule has 2 N–H and O–H groups in total. The van der Waals surface area contributed by atoms with Crippen LogP contribution in [0.25, 0.3) is 0 Å². The lowest BCUT2D eigenvalue weighted by Gasteiger charge is -2.03. The first-order valence-electron chi connectivity index (χ1n) is 5.61. The third-order valence-electron chi connectivity index (χ3n) is 2.65. The highest BCUT2D eigenvalue weighted by Crippen LogP contribution is 2.10. The Kier molecular flexibility index (Phi) is 3.41. The fourth-order valence-electron chi connectivity index (χ4n) is 1.83. The van der Waals surface area contributed by atoms with Crippen molar-refractivity contribution in [1.82, 2.24) is 10.2 Å². The number of hydrogen-bond donors (Lipinski definition) is 2. The highest BCUT2D eigenvalue weighted by Gasteiger charge is 2.01. The minimum atomic E-state index is -0.666. The van der Waals surface area contributed by atoms with Gasteiger partial charge in [0.05, 0.1) is 0 Å². The van der Waals surface area contributed by atoms with Crippen LogP contribution in [-0.4, -0.2) is 10.2 Å². The molecule has 0 bridgehead atoms. The zero-order chi connectivity index (χ0) is 13.1. The summed E-state index contributed by atoms with van der Waals surface area (Å²) in [5.74, 6) is -0.264. The highest BCUT2D eigenvalue weighted by molar-refractivity contribution is 5.24. The first-order chi connectivity index (χ1) is 8.54. The standard InChI is InChI=1S/C13H13FN2O2/c1-8-4-9(6-10(14)5-8)2-3-11-7-12(17)13(18)16-15-11/h4-7H,2-3H2,1H3,(H,15,17)(H,16,18). The van der Waals surface area contributed by atoms with Gasteiger partial charge in [0.2, 0.25) is 5.43 Å². The van der Waals surface area contributed by atoms with Crippen molar-refractivity contribution in [3.05, 3.63) is 67.5 Å². The third kappa shape index (κ3) is 2.94. The van der Waals surface area contributed by atoms with Crippen LogP contribution in [-0.2, 0) is 12.8 Å². The number of halogens is 1. The van der Waals surface area contributed by atoms with Gasteiger partial charge in [0, 0.05) is 11.8 Å². The Bertz CT molecular complexity index is 653. The topological polar surface area (TPSA) is 65.7 Å². The molecule has 0 aliphatic heterocycles. The Morgan fingerprint density at radius 2 is 1.83 bits per heavy atom. The number of H-pyrrole nitrogens is 2. The second-order valence-electron chi connectivity index (χ2n) is 4.25. The SMILES string of the molecule is Cc1cc(F)cc(CCc2cc(=O)c(=O)[nH][nH]2)c1. The summed E-state index contributed by atoms with van der Waals surface area (Å²) in [6.07, 6.45) is 1.13. The second-order valence-corrected chi connectivity index (χ2v) is 4.25. The minimum Gasteiger partial charge on any atom is -0.302 e. The molecule has 1 aromatic heterocycles. The van der Waals surface area contributed by atoms with Crippen molar-refractivity contribution < 1.29 is 4.39 Å². The molecule has 0 fully saturated rings. The van der Waals surface area contributed by atoms with E-state index in [0.29, 0.717) is 18.5 Å². The predicted molar refractivity (Wildman–Crippen MR) is 66.2 cm³/mol. The van der Waals surface area contributed by atoms with Crippen LogP contribution in [0.3, 0.4) is 0 Å². The molecule has 0 saturated heterocycles. The number of rotatable bonds is 3. The van der Waals surface area contributed by atoms with Crippen LogP contribution in [0.15, 0.2) is 33.9 Å². The predicted octanol–water partition coefficient (Wildman–Crippen LogP) is 1.30. The molecule has 5 heteroatoms. The maximum absolute atomic E-state index is 13.2. The van der Waals surface area contributed by atoms with E-state index in [1.807, 2.05) is 13.0 Å². The van der Waals surface area contributed by atoms with Crippen molar-refractivity contribution >= 4 is 0 Å². The summed E-state index contributed by atoms with van der Waals surface area (Å²) in [6.45, 7) is 1.83. The van der Waals surface area contributed by atoms with Gasteiger partial charge in [-0.05, 0) is 43.0 Å². The number of nitrogens with one attached hydrogen (secondary N) is 2. The van der Waals surface area contributed by atoms with Crippen molar-refractivity contribution in [2.75, 3.05) is 0 Å². The number of aromatic nitrogens is 2. The molecule has 0 aliphatic rings. The van der Waals surface area contributed by atoms with Gasteiger partial charge in [0.25, 0.3) is 0 Å². The van der Waals surface area contributed by atoms with Crippen molar-refractivity contribution in [3.8, 4) is 0 Å². The average Bonchev–Trinajstić information content (AvgIpc) is 2.29. The van der Waals surface area contributed by atoms with Gasteiger partial charge in [-0.25, -0.2) is 4.39 Å². The number of hydrogen-bond acceptors (Lipinski definition) is 2. The average molecular weight is 248 g/mol. The lowest BCUT2D eigenvalue weighted by atomic mass is 10.1. The van der Waals surface area contributed by atoms with Crippen LogP contribution in [0.1, 0.15) is 16.8 Å². The van der Waals surface area contributed by atoms with E-state index in [-0.39, 0.29) is 5.82 Å². The molecule has 4 nitrogen and oxygen atoms in total.